The first kappa shape index (κ1) is 42.4. The Bertz CT molecular complexity index is 2000. The number of halogens is 3. The van der Waals surface area contributed by atoms with Gasteiger partial charge in [0.2, 0.25) is 10.0 Å². The quantitative estimate of drug-likeness (QED) is 0.133. The Morgan fingerprint density at radius 2 is 1.60 bits per heavy atom. The van der Waals surface area contributed by atoms with E-state index < -0.39 is 33.0 Å². The second-order valence-electron chi connectivity index (χ2n) is 13.8. The highest BCUT2D eigenvalue weighted by atomic mass is 35.5. The highest BCUT2D eigenvalue weighted by Crippen LogP contribution is 2.40. The van der Waals surface area contributed by atoms with Gasteiger partial charge in [-0.3, -0.25) is 14.4 Å². The smallest absolute Gasteiger partial charge is 0.268 e. The molecule has 1 unspecified atom stereocenters. The Hall–Kier alpha value is -3.33. The Morgan fingerprint density at radius 3 is 2.23 bits per heavy atom. The number of sulfonamides is 1. The summed E-state index contributed by atoms with van der Waals surface area (Å²) < 4.78 is 31.5. The lowest BCUT2D eigenvalue weighted by atomic mass is 9.76. The van der Waals surface area contributed by atoms with Gasteiger partial charge in [0.1, 0.15) is 16.7 Å². The van der Waals surface area contributed by atoms with Gasteiger partial charge in [0.05, 0.1) is 16.3 Å². The lowest BCUT2D eigenvalue weighted by Crippen LogP contribution is -2.39. The molecule has 3 aromatic rings. The topological polar surface area (TPSA) is 146 Å². The number of carbonyl (C=O) groups is 3. The minimum Gasteiger partial charge on any atom is -0.483 e. The van der Waals surface area contributed by atoms with Crippen LogP contribution in [0.1, 0.15) is 75.9 Å². The highest BCUT2D eigenvalue weighted by molar-refractivity contribution is 8.01. The normalized spacial score (nSPS) is 15.0. The number of nitrogens with one attached hydrogen (secondary N) is 3. The molecule has 3 N–H and O–H groups in total. The van der Waals surface area contributed by atoms with Crippen LogP contribution < -0.4 is 25.1 Å². The van der Waals surface area contributed by atoms with Crippen molar-refractivity contribution < 1.29 is 27.5 Å². The lowest BCUT2D eigenvalue weighted by Gasteiger charge is -2.30. The molecule has 11 nitrogen and oxygen atoms in total. The molecule has 1 aliphatic heterocycles. The Labute approximate surface area is 330 Å². The van der Waals surface area contributed by atoms with Crippen molar-refractivity contribution in [2.24, 2.45) is 5.10 Å². The average Bonchev–Trinajstić information content (AvgIpc) is 3.38. The fraction of sp³-hybridized carbons (Fsp3) is 0.405. The molecule has 0 fully saturated rings. The second-order valence-corrected chi connectivity index (χ2v) is 18.1. The predicted octanol–water partition coefficient (Wildman–Crippen LogP) is 7.78. The molecule has 16 heteroatoms. The van der Waals surface area contributed by atoms with Crippen molar-refractivity contribution in [2.45, 2.75) is 70.5 Å². The summed E-state index contributed by atoms with van der Waals surface area (Å²) in [5.74, 6) is -0.800. The van der Waals surface area contributed by atoms with Crippen molar-refractivity contribution in [3.63, 3.8) is 0 Å². The summed E-state index contributed by atoms with van der Waals surface area (Å²) in [6.07, 6.45) is 2.88. The number of rotatable bonds is 15. The number of carbonyl (C=O) groups excluding carboxylic acids is 3. The molecule has 3 amide bonds. The van der Waals surface area contributed by atoms with E-state index in [4.69, 9.17) is 39.5 Å². The van der Waals surface area contributed by atoms with Gasteiger partial charge in [0, 0.05) is 34.1 Å². The van der Waals surface area contributed by atoms with Gasteiger partial charge in [-0.1, -0.05) is 94.5 Å². The number of thioether (sulfide) groups is 1. The van der Waals surface area contributed by atoms with Crippen molar-refractivity contribution in [2.75, 3.05) is 35.5 Å². The number of benzene rings is 3. The zero-order valence-electron chi connectivity index (χ0n) is 30.6. The SMILES string of the molecule is CCC(C)(C)c1ccc(OCC(=O)Nc2cccc(C(=O)NC3=NN(c4c(Cl)cc(Cl)cc4Cl)C(=O)C3SCCNS(C)(=O)=O)c2)c(C(C)(C)CC)c1. The maximum atomic E-state index is 13.6. The number of nitrogens with zero attached hydrogens (tertiary/aromatic N) is 2. The number of amidine groups is 1. The Balaban J connectivity index is 1.50. The highest BCUT2D eigenvalue weighted by Gasteiger charge is 2.40. The van der Waals surface area contributed by atoms with E-state index in [1.165, 1.54) is 23.8 Å². The fourth-order valence-electron chi connectivity index (χ4n) is 5.25. The Morgan fingerprint density at radius 1 is 0.943 bits per heavy atom. The molecule has 1 atom stereocenters. The van der Waals surface area contributed by atoms with E-state index >= 15 is 0 Å². The van der Waals surface area contributed by atoms with Gasteiger partial charge >= 0.3 is 0 Å². The first-order valence-corrected chi connectivity index (χ1v) is 21.0. The van der Waals surface area contributed by atoms with Crippen LogP contribution in [-0.4, -0.2) is 62.4 Å². The van der Waals surface area contributed by atoms with Gasteiger partial charge in [-0.25, -0.2) is 13.1 Å². The number of hydrazone groups is 1. The number of hydrogen-bond donors (Lipinski definition) is 3. The van der Waals surface area contributed by atoms with Crippen molar-refractivity contribution in [3.8, 4) is 5.75 Å². The monoisotopic (exact) mass is 823 g/mol. The average molecular weight is 825 g/mol. The third kappa shape index (κ3) is 10.9. The van der Waals surface area contributed by atoms with E-state index in [1.54, 1.807) is 18.2 Å². The Kier molecular flexibility index (Phi) is 13.9. The minimum absolute atomic E-state index is 0.0134. The summed E-state index contributed by atoms with van der Waals surface area (Å²) in [6.45, 7) is 12.8. The minimum atomic E-state index is -3.46. The van der Waals surface area contributed by atoms with Crippen LogP contribution in [0.2, 0.25) is 15.1 Å². The van der Waals surface area contributed by atoms with Crippen LogP contribution in [0.25, 0.3) is 0 Å². The van der Waals surface area contributed by atoms with Crippen molar-refractivity contribution >= 4 is 91.5 Å². The first-order valence-electron chi connectivity index (χ1n) is 16.9. The number of amides is 3. The summed E-state index contributed by atoms with van der Waals surface area (Å²) in [5, 5.41) is 10.2. The summed E-state index contributed by atoms with van der Waals surface area (Å²) in [4.78, 5) is 40.2. The number of hydrogen-bond acceptors (Lipinski definition) is 8. The largest absolute Gasteiger partial charge is 0.483 e. The molecule has 0 saturated carbocycles. The van der Waals surface area contributed by atoms with Crippen LogP contribution in [0.3, 0.4) is 0 Å². The van der Waals surface area contributed by atoms with E-state index in [9.17, 15) is 22.8 Å². The molecule has 3 aromatic carbocycles. The van der Waals surface area contributed by atoms with Gasteiger partial charge in [-0.15, -0.1) is 16.9 Å². The molecule has 1 aliphatic rings. The number of ether oxygens (including phenoxy) is 1. The summed E-state index contributed by atoms with van der Waals surface area (Å²) in [6, 6.07) is 15.2. The van der Waals surface area contributed by atoms with Crippen LogP contribution in [0.4, 0.5) is 11.4 Å². The van der Waals surface area contributed by atoms with E-state index in [0.717, 1.165) is 41.4 Å². The van der Waals surface area contributed by atoms with Crippen molar-refractivity contribution in [3.05, 3.63) is 86.4 Å². The molecular weight excluding hydrogens is 781 g/mol. The van der Waals surface area contributed by atoms with E-state index in [-0.39, 0.29) is 61.9 Å². The van der Waals surface area contributed by atoms with Gasteiger partial charge < -0.3 is 15.4 Å². The zero-order valence-corrected chi connectivity index (χ0v) is 34.5. The van der Waals surface area contributed by atoms with Crippen molar-refractivity contribution in [1.29, 1.82) is 0 Å². The molecular formula is C37H44Cl3N5O6S2. The zero-order chi connectivity index (χ0) is 39.3. The second kappa shape index (κ2) is 17.4. The molecule has 1 heterocycles. The molecule has 0 aromatic heterocycles. The standard InChI is InChI=1S/C37H44Cl3N5O6S2/c1-8-36(3,4)23-13-14-29(26(18-23)37(5,6)9-2)51-21-30(46)42-25-12-10-11-22(17-25)34(47)43-33-32(52-16-15-41-53(7,49)50)35(48)45(44-33)31-27(39)19-24(38)20-28(31)40/h10-14,17-20,32,41H,8-9,15-16,21H2,1-7H3,(H,42,46)(H,43,44,47). The molecule has 0 saturated heterocycles. The fourth-order valence-corrected chi connectivity index (χ4v) is 7.79. The van der Waals surface area contributed by atoms with Gasteiger partial charge in [-0.05, 0) is 65.6 Å². The summed E-state index contributed by atoms with van der Waals surface area (Å²) >= 11 is 19.9. The summed E-state index contributed by atoms with van der Waals surface area (Å²) in [5.41, 5.74) is 2.63. The summed E-state index contributed by atoms with van der Waals surface area (Å²) in [7, 11) is -3.46. The maximum absolute atomic E-state index is 13.6. The van der Waals surface area contributed by atoms with Crippen LogP contribution in [-0.2, 0) is 30.4 Å². The van der Waals surface area contributed by atoms with Gasteiger partial charge in [0.25, 0.3) is 17.7 Å². The van der Waals surface area contributed by atoms with Crippen LogP contribution >= 0.6 is 46.6 Å². The van der Waals surface area contributed by atoms with Gasteiger partial charge in [0.15, 0.2) is 12.4 Å². The predicted molar refractivity (Wildman–Crippen MR) is 217 cm³/mol. The van der Waals surface area contributed by atoms with Crippen LogP contribution in [0.15, 0.2) is 59.7 Å². The lowest BCUT2D eigenvalue weighted by molar-refractivity contribution is -0.118. The molecule has 53 heavy (non-hydrogen) atoms. The molecule has 4 rings (SSSR count). The van der Waals surface area contributed by atoms with Crippen LogP contribution in [0, 0.1) is 0 Å². The third-order valence-corrected chi connectivity index (χ3v) is 11.8. The van der Waals surface area contributed by atoms with E-state index in [2.05, 4.69) is 68.1 Å². The molecule has 0 aliphatic carbocycles. The molecule has 0 radical (unpaired) electrons. The van der Waals surface area contributed by atoms with Gasteiger partial charge in [-0.2, -0.15) is 5.01 Å². The third-order valence-electron chi connectivity index (χ3n) is 9.10. The van der Waals surface area contributed by atoms with Crippen LogP contribution in [0.5, 0.6) is 5.75 Å². The van der Waals surface area contributed by atoms with E-state index in [0.29, 0.717) is 11.4 Å². The number of anilines is 2. The molecule has 0 bridgehead atoms. The molecule has 286 valence electrons. The van der Waals surface area contributed by atoms with Crippen molar-refractivity contribution in [1.82, 2.24) is 10.0 Å². The molecule has 0 spiro atoms. The maximum Gasteiger partial charge on any atom is 0.268 e. The van der Waals surface area contributed by atoms with E-state index in [1.807, 2.05) is 12.1 Å². The first-order chi connectivity index (χ1) is 24.8.